The molecule has 15 nitrogen and oxygen atoms in total. The number of rotatable bonds is 14. The molecule has 14 atom stereocenters. The van der Waals surface area contributed by atoms with E-state index in [9.17, 15) is 30.3 Å². The Morgan fingerprint density at radius 3 is 2.49 bits per heavy atom. The van der Waals surface area contributed by atoms with E-state index >= 15 is 9.59 Å². The third-order valence-electron chi connectivity index (χ3n) is 24.8. The number of carbonyl (C=O) groups is 3. The maximum absolute atomic E-state index is 16.5. The quantitative estimate of drug-likeness (QED) is 0.0216. The van der Waals surface area contributed by atoms with Gasteiger partial charge in [0.25, 0.3) is 5.95 Å². The summed E-state index contributed by atoms with van der Waals surface area (Å²) in [6.07, 6.45) is 14.7. The Morgan fingerprint density at radius 1 is 0.844 bits per heavy atom. The number of nitrogens with one attached hydrogen (secondary N) is 5. The number of allylic oxidation sites excluding steroid dienone is 3. The molecular weight excluding hydrogens is 1200 g/mol. The largest absolute Gasteiger partial charge is 0.508 e. The maximum Gasteiger partial charge on any atom is 0.340 e. The molecule has 14 unspecified atom stereocenters. The van der Waals surface area contributed by atoms with Crippen LogP contribution in [0.2, 0.25) is 0 Å². The number of aliphatic hydroxyl groups excluding tert-OH is 1. The molecule has 0 radical (unpaired) electrons. The van der Waals surface area contributed by atoms with E-state index in [-0.39, 0.29) is 96.9 Å². The lowest BCUT2D eigenvalue weighted by Crippen LogP contribution is -2.50. The Kier molecular flexibility index (Phi) is 19.1. The average Bonchev–Trinajstić information content (AvgIpc) is 1.45. The first-order valence-electron chi connectivity index (χ1n) is 36.3. The van der Waals surface area contributed by atoms with Gasteiger partial charge in [-0.15, -0.1) is 0 Å². The van der Waals surface area contributed by atoms with Gasteiger partial charge in [-0.2, -0.15) is 0 Å². The molecule has 96 heavy (non-hydrogen) atoms. The van der Waals surface area contributed by atoms with Crippen LogP contribution in [0.4, 0.5) is 0 Å². The molecule has 3 saturated carbocycles. The van der Waals surface area contributed by atoms with Gasteiger partial charge in [-0.1, -0.05) is 104 Å². The maximum atomic E-state index is 16.5. The number of hydrogen-bond donors (Lipinski definition) is 10. The highest BCUT2D eigenvalue weighted by atomic mass is 16.5. The van der Waals surface area contributed by atoms with E-state index in [0.29, 0.717) is 113 Å². The summed E-state index contributed by atoms with van der Waals surface area (Å²) in [6, 6.07) is 30.8. The molecule has 6 heterocycles. The van der Waals surface area contributed by atoms with E-state index in [1.807, 2.05) is 37.4 Å². The molecule has 5 aromatic rings. The van der Waals surface area contributed by atoms with Crippen molar-refractivity contribution in [2.45, 2.75) is 178 Å². The molecule has 15 heteroatoms. The smallest absolute Gasteiger partial charge is 0.340 e. The van der Waals surface area contributed by atoms with Crippen LogP contribution in [0, 0.1) is 70.0 Å². The van der Waals surface area contributed by atoms with Gasteiger partial charge in [0.05, 0.1) is 34.3 Å². The molecule has 5 aliphatic heterocycles. The van der Waals surface area contributed by atoms with Crippen molar-refractivity contribution in [2.75, 3.05) is 39.8 Å². The molecule has 1 aromatic heterocycles. The number of aldehydes is 1. The Balaban J connectivity index is 0.966. The number of ether oxygens (including phenoxy) is 1. The van der Waals surface area contributed by atoms with Gasteiger partial charge >= 0.3 is 5.97 Å². The molecule has 14 bridgehead atoms. The SMILES string of the molecule is CCCNCc1cc2cc(c1)C1NCC(C)(O)C(CC=O)C#CC(C3(O)CCCC3)CC3CC(C4CCNC(NC)C4)(CC(=O)c4oc(O)c5c4CCC4C6CCC7(C(=CC(CCO)Cc8ccccc8)OC(=O)C7=C6c6cc(O)ccc6-c6cccc(c6)CNCC2)C54)CC31. The fourth-order valence-corrected chi connectivity index (χ4v) is 20.3. The van der Waals surface area contributed by atoms with Gasteiger partial charge in [0.15, 0.2) is 11.5 Å². The van der Waals surface area contributed by atoms with Gasteiger partial charge in [-0.05, 0) is 245 Å². The van der Waals surface area contributed by atoms with Crippen LogP contribution in [0.25, 0.3) is 16.7 Å². The summed E-state index contributed by atoms with van der Waals surface area (Å²) >= 11 is 0. The van der Waals surface area contributed by atoms with Crippen molar-refractivity contribution in [3.8, 4) is 34.7 Å². The minimum Gasteiger partial charge on any atom is -0.508 e. The fourth-order valence-electron chi connectivity index (χ4n) is 20.3. The number of phenols is 1. The van der Waals surface area contributed by atoms with E-state index in [2.05, 4.69) is 106 Å². The van der Waals surface area contributed by atoms with Crippen molar-refractivity contribution < 1.29 is 49.1 Å². The zero-order valence-electron chi connectivity index (χ0n) is 56.3. The molecule has 6 aliphatic carbocycles. The van der Waals surface area contributed by atoms with Crippen LogP contribution in [0.5, 0.6) is 11.7 Å². The van der Waals surface area contributed by atoms with Crippen LogP contribution in [-0.4, -0.2) is 101 Å². The summed E-state index contributed by atoms with van der Waals surface area (Å²) in [7, 11) is 1.99. The van der Waals surface area contributed by atoms with E-state index in [4.69, 9.17) is 9.15 Å². The van der Waals surface area contributed by atoms with Crippen LogP contribution in [0.3, 0.4) is 0 Å². The second-order valence-electron chi connectivity index (χ2n) is 30.6. The number of ketones is 1. The van der Waals surface area contributed by atoms with E-state index in [0.717, 1.165) is 102 Å². The molecular formula is C81H99N5O10. The van der Waals surface area contributed by atoms with Crippen molar-refractivity contribution >= 4 is 23.6 Å². The van der Waals surface area contributed by atoms with Crippen LogP contribution < -0.4 is 26.6 Å². The van der Waals surface area contributed by atoms with E-state index in [1.54, 1.807) is 13.0 Å². The summed E-state index contributed by atoms with van der Waals surface area (Å²) < 4.78 is 13.5. The number of cyclic esters (lactones) is 1. The van der Waals surface area contributed by atoms with E-state index < -0.39 is 45.8 Å². The summed E-state index contributed by atoms with van der Waals surface area (Å²) in [5, 5.41) is 79.7. The highest BCUT2D eigenvalue weighted by Crippen LogP contribution is 2.74. The number of phenolic OH excluding ortho intramolecular Hbond substituents is 1. The van der Waals surface area contributed by atoms with Crippen molar-refractivity contribution in [1.29, 1.82) is 0 Å². The van der Waals surface area contributed by atoms with Crippen LogP contribution in [0.1, 0.15) is 184 Å². The summed E-state index contributed by atoms with van der Waals surface area (Å²) in [4.78, 5) is 44.6. The molecule has 0 amide bonds. The summed E-state index contributed by atoms with van der Waals surface area (Å²) in [6.45, 7) is 7.55. The normalized spacial score (nSPS) is 32.3. The van der Waals surface area contributed by atoms with Gasteiger partial charge in [-0.25, -0.2) is 4.79 Å². The number of aromatic hydroxyl groups is 2. The molecule has 10 N–H and O–H groups in total. The molecule has 508 valence electrons. The Morgan fingerprint density at radius 2 is 1.69 bits per heavy atom. The standard InChI is InChI=1S/C81H99N5O10/c1-4-29-83-47-53-35-50-22-30-84-46-52-13-10-14-54(37-52)61-18-17-60(89)42-65(61)70-62-21-28-81(68(95-77(92)73(70)81)39-51(24-32-87)34-49-11-6-5-7-12-49)72-63(62)19-20-64-71(72)76(91)96-75(64)67(90)45-79(58-23-31-85-69(41-58)82-3)43-56-40-59(80(94)26-8-9-27-80)16-15-57(25-33-88)78(2,93)48-86-74(66(56)44-79)55(36-50)38-53/h5-7,10-14,17-18,33,35-39,42,51,56-59,62-63,66,69,72,74,82-87,89,91,93-94H,4,8-9,19-32,34,40-41,43-48H2,1-3H3. The van der Waals surface area contributed by atoms with Crippen molar-refractivity contribution in [2.24, 2.45) is 58.2 Å². The minimum absolute atomic E-state index is 0.00299. The van der Waals surface area contributed by atoms with Crippen LogP contribution in [-0.2, 0) is 46.7 Å². The van der Waals surface area contributed by atoms with Gasteiger partial charge in [0, 0.05) is 68.1 Å². The Hall–Kier alpha value is -6.71. The number of fused-ring (bicyclic) bond motifs is 5. The lowest BCUT2D eigenvalue weighted by molar-refractivity contribution is -0.132. The second kappa shape index (κ2) is 27.5. The predicted molar refractivity (Wildman–Crippen MR) is 370 cm³/mol. The molecule has 4 aromatic carbocycles. The monoisotopic (exact) mass is 1300 g/mol. The molecule has 11 aliphatic rings. The number of piperidine rings is 1. The number of benzene rings is 4. The third-order valence-corrected chi connectivity index (χ3v) is 24.8. The molecule has 2 saturated heterocycles. The number of β-amino-alcohol motifs (C(OH)–C–C–N with tert-alkyl or cyclic N) is 1. The Bertz CT molecular complexity index is 3850. The molecule has 1 spiro atoms. The van der Waals surface area contributed by atoms with Crippen molar-refractivity contribution in [1.82, 2.24) is 26.6 Å². The number of furan rings is 1. The van der Waals surface area contributed by atoms with Crippen molar-refractivity contribution in [3.63, 3.8) is 0 Å². The molecule has 16 rings (SSSR count). The second-order valence-corrected chi connectivity index (χ2v) is 30.6. The number of hydrogen-bond acceptors (Lipinski definition) is 15. The average molecular weight is 1300 g/mol. The topological polar surface area (TPSA) is 235 Å². The third kappa shape index (κ3) is 12.5. The predicted octanol–water partition coefficient (Wildman–Crippen LogP) is 11.4. The Labute approximate surface area is 566 Å². The zero-order valence-corrected chi connectivity index (χ0v) is 56.3. The first kappa shape index (κ1) is 66.5. The zero-order chi connectivity index (χ0) is 66.5. The first-order valence-corrected chi connectivity index (χ1v) is 36.3. The highest BCUT2D eigenvalue weighted by molar-refractivity contribution is 6.07. The van der Waals surface area contributed by atoms with E-state index in [1.165, 1.54) is 5.56 Å². The summed E-state index contributed by atoms with van der Waals surface area (Å²) in [5.41, 5.74) is 6.61. The fraction of sp³-hybridized carbons (Fsp3) is 0.543. The lowest BCUT2D eigenvalue weighted by atomic mass is 9.44. The van der Waals surface area contributed by atoms with Crippen molar-refractivity contribution in [3.05, 3.63) is 159 Å². The summed E-state index contributed by atoms with van der Waals surface area (Å²) in [5.74, 6) is 4.62. The van der Waals surface area contributed by atoms with Crippen LogP contribution in [0.15, 0.2) is 113 Å². The van der Waals surface area contributed by atoms with Gasteiger partial charge < -0.3 is 66.1 Å². The highest BCUT2D eigenvalue weighted by Gasteiger charge is 2.68. The van der Waals surface area contributed by atoms with Gasteiger partial charge in [-0.3, -0.25) is 4.79 Å². The minimum atomic E-state index is -1.43. The number of Topliss-reactive ketones (excluding diaryl/α,β-unsaturated/α-hetero) is 1. The number of aliphatic hydroxyl groups is 3. The lowest BCUT2D eigenvalue weighted by Gasteiger charge is -2.56. The number of esters is 1. The number of carbonyl (C=O) groups excluding carboxylic acids is 3. The van der Waals surface area contributed by atoms with Gasteiger partial charge in [0.1, 0.15) is 17.8 Å². The van der Waals surface area contributed by atoms with Gasteiger partial charge in [0.2, 0.25) is 0 Å². The molecule has 5 fully saturated rings. The van der Waals surface area contributed by atoms with Crippen LogP contribution >= 0.6 is 0 Å². The first-order chi connectivity index (χ1) is 46.5.